The van der Waals surface area contributed by atoms with Crippen molar-refractivity contribution in [2.45, 2.75) is 19.9 Å². The molecule has 0 unspecified atom stereocenters. The van der Waals surface area contributed by atoms with E-state index in [-0.39, 0.29) is 5.69 Å². The van der Waals surface area contributed by atoms with E-state index in [0.717, 1.165) is 4.68 Å². The molecule has 0 aromatic carbocycles. The molecular weight excluding hydrogens is 179 g/mol. The van der Waals surface area contributed by atoms with Gasteiger partial charge < -0.3 is 5.11 Å². The Hall–Kier alpha value is -1.59. The number of nitrogens with one attached hydrogen (secondary N) is 1. The van der Waals surface area contributed by atoms with Crippen molar-refractivity contribution >= 4 is 5.97 Å². The van der Waals surface area contributed by atoms with E-state index >= 15 is 0 Å². The topological polar surface area (TPSA) is 75.1 Å². The highest BCUT2D eigenvalue weighted by molar-refractivity contribution is 5.66. The minimum atomic E-state index is -1.19. The van der Waals surface area contributed by atoms with Crippen molar-refractivity contribution in [3.63, 3.8) is 0 Å². The van der Waals surface area contributed by atoms with Gasteiger partial charge in [0.15, 0.2) is 0 Å². The first-order valence-electron chi connectivity index (χ1n) is 3.75. The number of halogens is 1. The van der Waals surface area contributed by atoms with Gasteiger partial charge >= 0.3 is 11.5 Å². The zero-order chi connectivity index (χ0) is 10.0. The zero-order valence-electron chi connectivity index (χ0n) is 7.00. The molecule has 13 heavy (non-hydrogen) atoms. The van der Waals surface area contributed by atoms with Crippen molar-refractivity contribution < 1.29 is 14.3 Å². The molecule has 0 spiro atoms. The van der Waals surface area contributed by atoms with E-state index in [1.807, 2.05) is 0 Å². The molecule has 1 heterocycles. The fourth-order valence-electron chi connectivity index (χ4n) is 0.991. The van der Waals surface area contributed by atoms with Gasteiger partial charge in [-0.1, -0.05) is 6.92 Å². The molecule has 0 radical (unpaired) electrons. The predicted octanol–water partition coefficient (Wildman–Crippen LogP) is -0.0375. The molecule has 1 aromatic rings. The van der Waals surface area contributed by atoms with Crippen LogP contribution >= 0.6 is 0 Å². The van der Waals surface area contributed by atoms with Gasteiger partial charge in [0.1, 0.15) is 6.54 Å². The Labute approximate surface area is 72.8 Å². The van der Waals surface area contributed by atoms with E-state index in [0.29, 0.717) is 6.42 Å². The molecule has 0 bridgehead atoms. The lowest BCUT2D eigenvalue weighted by atomic mass is 10.3. The lowest BCUT2D eigenvalue weighted by Crippen LogP contribution is -2.22. The number of aryl methyl sites for hydroxylation is 1. The van der Waals surface area contributed by atoms with Gasteiger partial charge in [0.25, 0.3) is 0 Å². The molecular formula is C7H9FN2O3. The number of hydrogen-bond donors (Lipinski definition) is 2. The first-order valence-corrected chi connectivity index (χ1v) is 3.75. The summed E-state index contributed by atoms with van der Waals surface area (Å²) in [7, 11) is 0. The number of carboxylic acid groups (broad SMARTS) is 1. The summed E-state index contributed by atoms with van der Waals surface area (Å²) in [6.45, 7) is 1.12. The average molecular weight is 188 g/mol. The molecule has 0 aliphatic rings. The van der Waals surface area contributed by atoms with Crippen molar-refractivity contribution in [2.75, 3.05) is 0 Å². The summed E-state index contributed by atoms with van der Waals surface area (Å²) in [5.41, 5.74) is -0.787. The molecule has 6 heteroatoms. The molecule has 0 saturated heterocycles. The van der Waals surface area contributed by atoms with Gasteiger partial charge in [-0.3, -0.25) is 14.7 Å². The summed E-state index contributed by atoms with van der Waals surface area (Å²) in [5, 5.41) is 10.7. The molecule has 5 nitrogen and oxygen atoms in total. The van der Waals surface area contributed by atoms with Crippen LogP contribution in [0.25, 0.3) is 0 Å². The number of carboxylic acids is 1. The van der Waals surface area contributed by atoms with Crippen LogP contribution < -0.4 is 5.56 Å². The minimum Gasteiger partial charge on any atom is -0.480 e. The molecule has 0 aliphatic carbocycles. The van der Waals surface area contributed by atoms with E-state index in [1.54, 1.807) is 6.92 Å². The third-order valence-electron chi connectivity index (χ3n) is 1.61. The van der Waals surface area contributed by atoms with Gasteiger partial charge in [0.2, 0.25) is 5.82 Å². The summed E-state index contributed by atoms with van der Waals surface area (Å²) in [5.74, 6) is -2.09. The fraction of sp³-hybridized carbons (Fsp3) is 0.429. The molecule has 0 aliphatic heterocycles. The maximum atomic E-state index is 12.9. The van der Waals surface area contributed by atoms with Crippen LogP contribution in [0.15, 0.2) is 4.79 Å². The number of aromatic amines is 1. The van der Waals surface area contributed by atoms with E-state index in [2.05, 4.69) is 5.10 Å². The number of nitrogens with zero attached hydrogens (tertiary/aromatic N) is 1. The number of aromatic nitrogens is 2. The Morgan fingerprint density at radius 1 is 1.69 bits per heavy atom. The Morgan fingerprint density at radius 3 is 2.69 bits per heavy atom. The molecule has 1 aromatic heterocycles. The highest BCUT2D eigenvalue weighted by Gasteiger charge is 2.13. The summed E-state index contributed by atoms with van der Waals surface area (Å²) in [6.07, 6.45) is 0.327. The second kappa shape index (κ2) is 3.42. The second-order valence-electron chi connectivity index (χ2n) is 2.54. The van der Waals surface area contributed by atoms with Crippen LogP contribution in [-0.2, 0) is 17.8 Å². The van der Waals surface area contributed by atoms with Gasteiger partial charge in [-0.05, 0) is 6.42 Å². The van der Waals surface area contributed by atoms with Crippen molar-refractivity contribution in [3.8, 4) is 0 Å². The zero-order valence-corrected chi connectivity index (χ0v) is 7.00. The Bertz CT molecular complexity index is 380. The molecule has 1 rings (SSSR count). The summed E-state index contributed by atoms with van der Waals surface area (Å²) >= 11 is 0. The predicted molar refractivity (Wildman–Crippen MR) is 42.0 cm³/mol. The quantitative estimate of drug-likeness (QED) is 0.699. The second-order valence-corrected chi connectivity index (χ2v) is 2.54. The van der Waals surface area contributed by atoms with Gasteiger partial charge in [-0.15, -0.1) is 0 Å². The van der Waals surface area contributed by atoms with Crippen LogP contribution in [0.3, 0.4) is 0 Å². The standard InChI is InChI=1S/C7H9FN2O3/c1-2-4-6(8)7(13)10(9-4)3-5(11)12/h9H,2-3H2,1H3,(H,11,12). The lowest BCUT2D eigenvalue weighted by molar-refractivity contribution is -0.137. The van der Waals surface area contributed by atoms with Crippen molar-refractivity contribution in [1.29, 1.82) is 0 Å². The smallest absolute Gasteiger partial charge is 0.325 e. The van der Waals surface area contributed by atoms with E-state index in [9.17, 15) is 14.0 Å². The van der Waals surface area contributed by atoms with Crippen LogP contribution in [-0.4, -0.2) is 20.9 Å². The average Bonchev–Trinajstić information content (AvgIpc) is 2.32. The van der Waals surface area contributed by atoms with Crippen LogP contribution in [0.1, 0.15) is 12.6 Å². The largest absolute Gasteiger partial charge is 0.480 e. The summed E-state index contributed by atoms with van der Waals surface area (Å²) in [6, 6.07) is 0. The highest BCUT2D eigenvalue weighted by Crippen LogP contribution is 1.98. The fourth-order valence-corrected chi connectivity index (χ4v) is 0.991. The summed E-state index contributed by atoms with van der Waals surface area (Å²) < 4.78 is 13.6. The van der Waals surface area contributed by atoms with Crippen molar-refractivity contribution in [1.82, 2.24) is 9.78 Å². The van der Waals surface area contributed by atoms with Crippen LogP contribution in [0.4, 0.5) is 4.39 Å². The van der Waals surface area contributed by atoms with Gasteiger partial charge in [-0.25, -0.2) is 4.68 Å². The Kier molecular flexibility index (Phi) is 2.50. The molecule has 0 atom stereocenters. The van der Waals surface area contributed by atoms with Crippen molar-refractivity contribution in [2.24, 2.45) is 0 Å². The highest BCUT2D eigenvalue weighted by atomic mass is 19.1. The molecule has 0 amide bonds. The SMILES string of the molecule is CCc1[nH]n(CC(=O)O)c(=O)c1F. The normalized spacial score (nSPS) is 10.3. The van der Waals surface area contributed by atoms with Crippen LogP contribution in [0, 0.1) is 5.82 Å². The molecule has 0 fully saturated rings. The third kappa shape index (κ3) is 1.77. The van der Waals surface area contributed by atoms with Gasteiger partial charge in [-0.2, -0.15) is 4.39 Å². The first-order chi connectivity index (χ1) is 6.06. The Morgan fingerprint density at radius 2 is 2.31 bits per heavy atom. The molecule has 2 N–H and O–H groups in total. The number of hydrogen-bond acceptors (Lipinski definition) is 2. The van der Waals surface area contributed by atoms with Crippen molar-refractivity contribution in [3.05, 3.63) is 21.9 Å². The number of rotatable bonds is 3. The van der Waals surface area contributed by atoms with E-state index in [1.165, 1.54) is 0 Å². The first kappa shape index (κ1) is 9.50. The number of carbonyl (C=O) groups is 1. The maximum Gasteiger partial charge on any atom is 0.325 e. The lowest BCUT2D eigenvalue weighted by Gasteiger charge is -1.94. The molecule has 0 saturated carbocycles. The number of H-pyrrole nitrogens is 1. The Balaban J connectivity index is 3.10. The van der Waals surface area contributed by atoms with Gasteiger partial charge in [0, 0.05) is 0 Å². The van der Waals surface area contributed by atoms with Crippen LogP contribution in [0.2, 0.25) is 0 Å². The molecule has 72 valence electrons. The van der Waals surface area contributed by atoms with E-state index in [4.69, 9.17) is 5.11 Å². The van der Waals surface area contributed by atoms with Crippen LogP contribution in [0.5, 0.6) is 0 Å². The number of aliphatic carboxylic acids is 1. The van der Waals surface area contributed by atoms with Gasteiger partial charge in [0.05, 0.1) is 5.69 Å². The minimum absolute atomic E-state index is 0.131. The van der Waals surface area contributed by atoms with E-state index < -0.39 is 23.9 Å². The third-order valence-corrected chi connectivity index (χ3v) is 1.61. The summed E-state index contributed by atoms with van der Waals surface area (Å²) in [4.78, 5) is 21.2. The monoisotopic (exact) mass is 188 g/mol. The maximum absolute atomic E-state index is 12.9.